The largest absolute Gasteiger partial charge is 0.294 e. The minimum Gasteiger partial charge on any atom is -0.294 e. The molecular formula is C32H26F4N8O3. The van der Waals surface area contributed by atoms with Gasteiger partial charge in [-0.05, 0) is 48.5 Å². The van der Waals surface area contributed by atoms with E-state index in [4.69, 9.17) is 0 Å². The Hall–Kier alpha value is -5.73. The molecule has 0 radical (unpaired) electrons. The lowest BCUT2D eigenvalue weighted by atomic mass is 10.0. The first-order chi connectivity index (χ1) is 22.3. The van der Waals surface area contributed by atoms with Crippen LogP contribution < -0.4 is 0 Å². The highest BCUT2D eigenvalue weighted by molar-refractivity contribution is 6.48. The molecule has 0 atom stereocenters. The quantitative estimate of drug-likeness (QED) is 0.119. The third kappa shape index (κ3) is 6.93. The van der Waals surface area contributed by atoms with E-state index in [0.29, 0.717) is 40.8 Å². The van der Waals surface area contributed by atoms with E-state index in [2.05, 4.69) is 30.6 Å². The summed E-state index contributed by atoms with van der Waals surface area (Å²) in [6.45, 7) is 7.69. The van der Waals surface area contributed by atoms with Gasteiger partial charge < -0.3 is 0 Å². The molecule has 11 nitrogen and oxygen atoms in total. The third-order valence-corrected chi connectivity index (χ3v) is 6.85. The molecule has 4 aromatic heterocycles. The number of fused-ring (bicyclic) bond motifs is 2. The Morgan fingerprint density at radius 1 is 0.617 bits per heavy atom. The van der Waals surface area contributed by atoms with Gasteiger partial charge in [-0.3, -0.25) is 14.4 Å². The molecule has 4 heterocycles. The first-order valence-electron chi connectivity index (χ1n) is 14.3. The van der Waals surface area contributed by atoms with Crippen molar-refractivity contribution in [2.45, 2.75) is 46.0 Å². The second-order valence-corrected chi connectivity index (χ2v) is 11.0. The van der Waals surface area contributed by atoms with Gasteiger partial charge >= 0.3 is 0 Å². The summed E-state index contributed by atoms with van der Waals surface area (Å²) >= 11 is 0. The van der Waals surface area contributed by atoms with Crippen LogP contribution >= 0.6 is 0 Å². The number of hydrogen-bond acceptors (Lipinski definition) is 9. The Balaban J connectivity index is 0.000000185. The lowest BCUT2D eigenvalue weighted by Gasteiger charge is -2.05. The normalized spacial score (nSPS) is 11.3. The maximum atomic E-state index is 13.7. The third-order valence-electron chi connectivity index (χ3n) is 6.85. The molecule has 0 bridgehead atoms. The molecule has 0 unspecified atom stereocenters. The van der Waals surface area contributed by atoms with Crippen molar-refractivity contribution in [1.29, 1.82) is 0 Å². The molecule has 6 rings (SSSR count). The predicted octanol–water partition coefficient (Wildman–Crippen LogP) is 5.54. The highest BCUT2D eigenvalue weighted by Crippen LogP contribution is 2.17. The summed E-state index contributed by atoms with van der Waals surface area (Å²) in [5.74, 6) is -4.74. The van der Waals surface area contributed by atoms with Gasteiger partial charge in [0, 0.05) is 24.0 Å². The average Bonchev–Trinajstić information content (AvgIpc) is 3.65. The SMILES string of the molecule is CC(C)c1nnc2ccc(C(=O)C(=O)c3ccc(F)cc3F)nn12.CC(C)c1nnc2ccc(CC(=O)c3ccc(F)cc3F)nn12. The summed E-state index contributed by atoms with van der Waals surface area (Å²) in [6.07, 6.45) is -0.0891. The Bertz CT molecular complexity index is 2160. The van der Waals surface area contributed by atoms with Gasteiger partial charge in [0.15, 0.2) is 28.7 Å². The van der Waals surface area contributed by atoms with Crippen LogP contribution in [0.5, 0.6) is 0 Å². The number of nitrogens with zero attached hydrogens (tertiary/aromatic N) is 8. The van der Waals surface area contributed by atoms with Crippen molar-refractivity contribution in [2.24, 2.45) is 0 Å². The van der Waals surface area contributed by atoms with Crippen molar-refractivity contribution >= 4 is 28.6 Å². The van der Waals surface area contributed by atoms with Crippen LogP contribution in [0.25, 0.3) is 11.3 Å². The van der Waals surface area contributed by atoms with E-state index in [0.717, 1.165) is 24.3 Å². The molecule has 0 saturated heterocycles. The molecule has 0 aliphatic rings. The van der Waals surface area contributed by atoms with Crippen molar-refractivity contribution < 1.29 is 31.9 Å². The summed E-state index contributed by atoms with van der Waals surface area (Å²) in [5, 5.41) is 24.4. The number of rotatable bonds is 8. The van der Waals surface area contributed by atoms with Gasteiger partial charge in [-0.2, -0.15) is 19.2 Å². The van der Waals surface area contributed by atoms with Crippen LogP contribution in [0.1, 0.15) is 88.1 Å². The Labute approximate surface area is 264 Å². The van der Waals surface area contributed by atoms with Crippen LogP contribution in [0.15, 0.2) is 60.7 Å². The summed E-state index contributed by atoms with van der Waals surface area (Å²) in [6, 6.07) is 11.5. The van der Waals surface area contributed by atoms with Crippen LogP contribution in [0, 0.1) is 23.3 Å². The highest BCUT2D eigenvalue weighted by Gasteiger charge is 2.24. The number of ketones is 3. The second-order valence-electron chi connectivity index (χ2n) is 11.0. The van der Waals surface area contributed by atoms with Gasteiger partial charge in [-0.15, -0.1) is 20.4 Å². The Morgan fingerprint density at radius 3 is 1.66 bits per heavy atom. The van der Waals surface area contributed by atoms with Crippen molar-refractivity contribution in [1.82, 2.24) is 39.6 Å². The summed E-state index contributed by atoms with van der Waals surface area (Å²) in [7, 11) is 0. The average molecular weight is 647 g/mol. The molecular weight excluding hydrogens is 620 g/mol. The van der Waals surface area contributed by atoms with Gasteiger partial charge in [0.25, 0.3) is 5.78 Å². The number of hydrogen-bond donors (Lipinski definition) is 0. The maximum Gasteiger partial charge on any atom is 0.253 e. The van der Waals surface area contributed by atoms with Crippen LogP contribution in [0.3, 0.4) is 0 Å². The standard InChI is InChI=1S/C16H12F2N4O2.C16H14F2N4O/c1-8(2)16-20-19-13-6-5-12(21-22(13)16)15(24)14(23)10-4-3-9(17)7-11(10)18;1-9(2)16-20-19-15-6-4-11(21-22(15)16)8-14(23)12-5-3-10(17)7-13(12)18/h3-8H,1-2H3;3-7,9H,8H2,1-2H3. The van der Waals surface area contributed by atoms with E-state index in [9.17, 15) is 31.9 Å². The van der Waals surface area contributed by atoms with Gasteiger partial charge in [0.05, 0.1) is 23.2 Å². The molecule has 240 valence electrons. The number of aromatic nitrogens is 8. The van der Waals surface area contributed by atoms with Crippen molar-refractivity contribution in [3.05, 3.63) is 118 Å². The molecule has 0 amide bonds. The number of benzene rings is 2. The zero-order valence-corrected chi connectivity index (χ0v) is 25.4. The molecule has 0 fully saturated rings. The summed E-state index contributed by atoms with van der Waals surface area (Å²) < 4.78 is 56.2. The Morgan fingerprint density at radius 2 is 1.13 bits per heavy atom. The zero-order valence-electron chi connectivity index (χ0n) is 25.4. The van der Waals surface area contributed by atoms with E-state index >= 15 is 0 Å². The summed E-state index contributed by atoms with van der Waals surface area (Å²) in [4.78, 5) is 36.7. The smallest absolute Gasteiger partial charge is 0.253 e. The second kappa shape index (κ2) is 13.3. The van der Waals surface area contributed by atoms with Gasteiger partial charge in [-0.25, -0.2) is 17.6 Å². The molecule has 47 heavy (non-hydrogen) atoms. The van der Waals surface area contributed by atoms with Crippen molar-refractivity contribution in [2.75, 3.05) is 0 Å². The Kier molecular flexibility index (Phi) is 9.26. The van der Waals surface area contributed by atoms with E-state index in [1.807, 2.05) is 27.7 Å². The van der Waals surface area contributed by atoms with E-state index in [1.165, 1.54) is 16.6 Å². The minimum atomic E-state index is -1.10. The number of halogens is 4. The lowest BCUT2D eigenvalue weighted by Crippen LogP contribution is -2.19. The highest BCUT2D eigenvalue weighted by atomic mass is 19.1. The molecule has 0 aliphatic carbocycles. The van der Waals surface area contributed by atoms with E-state index < -0.39 is 46.2 Å². The molecule has 0 aliphatic heterocycles. The predicted molar refractivity (Wildman–Crippen MR) is 159 cm³/mol. The van der Waals surface area contributed by atoms with Crippen LogP contribution in [0.4, 0.5) is 17.6 Å². The number of carbonyl (C=O) groups excluding carboxylic acids is 3. The lowest BCUT2D eigenvalue weighted by molar-refractivity contribution is 0.0810. The van der Waals surface area contributed by atoms with Crippen molar-refractivity contribution in [3.63, 3.8) is 0 Å². The molecule has 0 N–H and O–H groups in total. The summed E-state index contributed by atoms with van der Waals surface area (Å²) in [5.41, 5.74) is 0.650. The fraction of sp³-hybridized carbons (Fsp3) is 0.219. The van der Waals surface area contributed by atoms with Gasteiger partial charge in [0.2, 0.25) is 5.78 Å². The monoisotopic (exact) mass is 646 g/mol. The number of Topliss-reactive ketones (excluding diaryl/α,β-unsaturated/α-hetero) is 3. The van der Waals surface area contributed by atoms with Crippen LogP contribution in [0.2, 0.25) is 0 Å². The minimum absolute atomic E-state index is 0.00287. The molecule has 0 saturated carbocycles. The van der Waals surface area contributed by atoms with Crippen LogP contribution in [-0.4, -0.2) is 57.0 Å². The molecule has 15 heteroatoms. The van der Waals surface area contributed by atoms with E-state index in [1.54, 1.807) is 16.6 Å². The first-order valence-corrected chi connectivity index (χ1v) is 14.3. The zero-order chi connectivity index (χ0) is 34.0. The van der Waals surface area contributed by atoms with Gasteiger partial charge in [-0.1, -0.05) is 27.7 Å². The van der Waals surface area contributed by atoms with Crippen LogP contribution in [-0.2, 0) is 6.42 Å². The maximum absolute atomic E-state index is 13.7. The molecule has 0 spiro atoms. The molecule has 2 aromatic carbocycles. The first kappa shape index (κ1) is 32.7. The van der Waals surface area contributed by atoms with Crippen molar-refractivity contribution in [3.8, 4) is 0 Å². The fourth-order valence-electron chi connectivity index (χ4n) is 4.47. The van der Waals surface area contributed by atoms with E-state index in [-0.39, 0.29) is 29.5 Å². The fourth-order valence-corrected chi connectivity index (χ4v) is 4.47. The topological polar surface area (TPSA) is 137 Å². The molecule has 6 aromatic rings. The van der Waals surface area contributed by atoms with Gasteiger partial charge in [0.1, 0.15) is 29.0 Å². The number of carbonyl (C=O) groups is 3.